The number of aromatic nitrogens is 1. The molecule has 18 heavy (non-hydrogen) atoms. The Morgan fingerprint density at radius 3 is 2.61 bits per heavy atom. The summed E-state index contributed by atoms with van der Waals surface area (Å²) in [4.78, 5) is 6.90. The Bertz CT molecular complexity index is 344. The van der Waals surface area contributed by atoms with E-state index >= 15 is 0 Å². The van der Waals surface area contributed by atoms with Gasteiger partial charge in [-0.05, 0) is 50.8 Å². The van der Waals surface area contributed by atoms with Crippen molar-refractivity contribution < 1.29 is 0 Å². The molecular formula is C15H25N3. The number of pyridine rings is 1. The lowest BCUT2D eigenvalue weighted by Crippen LogP contribution is -2.40. The van der Waals surface area contributed by atoms with Crippen LogP contribution >= 0.6 is 0 Å². The van der Waals surface area contributed by atoms with E-state index in [0.717, 1.165) is 11.6 Å². The first-order chi connectivity index (χ1) is 8.72. The van der Waals surface area contributed by atoms with Gasteiger partial charge in [-0.3, -0.25) is 9.88 Å². The maximum absolute atomic E-state index is 5.96. The second-order valence-corrected chi connectivity index (χ2v) is 5.59. The lowest BCUT2D eigenvalue weighted by molar-refractivity contribution is 0.124. The summed E-state index contributed by atoms with van der Waals surface area (Å²) in [6.45, 7) is 2.99. The molecule has 1 aromatic heterocycles. The van der Waals surface area contributed by atoms with Crippen LogP contribution in [0.1, 0.15) is 44.3 Å². The van der Waals surface area contributed by atoms with Crippen LogP contribution in [0, 0.1) is 5.92 Å². The minimum atomic E-state index is 0.254. The molecule has 0 bridgehead atoms. The Morgan fingerprint density at radius 2 is 2.06 bits per heavy atom. The van der Waals surface area contributed by atoms with E-state index in [1.54, 1.807) is 0 Å². The normalized spacial score (nSPS) is 26.2. The highest BCUT2D eigenvalue weighted by atomic mass is 15.2. The van der Waals surface area contributed by atoms with Crippen molar-refractivity contribution in [3.05, 3.63) is 30.1 Å². The van der Waals surface area contributed by atoms with Crippen molar-refractivity contribution in [1.82, 2.24) is 9.88 Å². The van der Waals surface area contributed by atoms with E-state index in [1.165, 1.54) is 25.7 Å². The van der Waals surface area contributed by atoms with Gasteiger partial charge in [-0.1, -0.05) is 13.0 Å². The average Bonchev–Trinajstić information content (AvgIpc) is 2.41. The molecule has 3 nitrogen and oxygen atoms in total. The number of likely N-dealkylation sites (N-methyl/N-ethyl adjacent to an activating group) is 1. The molecule has 1 saturated carbocycles. The molecule has 0 saturated heterocycles. The van der Waals surface area contributed by atoms with Crippen molar-refractivity contribution in [3.63, 3.8) is 0 Å². The first kappa shape index (κ1) is 13.5. The lowest BCUT2D eigenvalue weighted by Gasteiger charge is -2.38. The van der Waals surface area contributed by atoms with Gasteiger partial charge < -0.3 is 5.73 Å². The fourth-order valence-corrected chi connectivity index (χ4v) is 2.97. The summed E-state index contributed by atoms with van der Waals surface area (Å²) in [6, 6.07) is 7.00. The van der Waals surface area contributed by atoms with Gasteiger partial charge >= 0.3 is 0 Å². The minimum Gasteiger partial charge on any atom is -0.329 e. The standard InChI is InChI=1S/C15H25N3/c1-12-6-8-13(9-7-12)18(2)15(11-16)14-5-3-4-10-17-14/h3-5,10,12-13,15H,6-9,11,16H2,1-2H3. The summed E-state index contributed by atoms with van der Waals surface area (Å²) in [5.41, 5.74) is 7.06. The predicted molar refractivity (Wildman–Crippen MR) is 75.2 cm³/mol. The molecule has 0 aromatic carbocycles. The van der Waals surface area contributed by atoms with E-state index in [0.29, 0.717) is 12.6 Å². The monoisotopic (exact) mass is 247 g/mol. The van der Waals surface area contributed by atoms with Crippen LogP contribution in [-0.2, 0) is 0 Å². The third-order valence-corrected chi connectivity index (χ3v) is 4.31. The van der Waals surface area contributed by atoms with E-state index in [2.05, 4.69) is 29.9 Å². The maximum atomic E-state index is 5.96. The van der Waals surface area contributed by atoms with Crippen molar-refractivity contribution in [2.24, 2.45) is 11.7 Å². The fourth-order valence-electron chi connectivity index (χ4n) is 2.97. The Balaban J connectivity index is 2.04. The Hall–Kier alpha value is -0.930. The number of nitrogens with two attached hydrogens (primary N) is 1. The molecular weight excluding hydrogens is 222 g/mol. The molecule has 0 spiro atoms. The zero-order chi connectivity index (χ0) is 13.0. The van der Waals surface area contributed by atoms with Crippen LogP contribution < -0.4 is 5.73 Å². The molecule has 3 heteroatoms. The molecule has 1 aliphatic carbocycles. The van der Waals surface area contributed by atoms with E-state index in [1.807, 2.05) is 18.3 Å². The maximum Gasteiger partial charge on any atom is 0.0644 e. The van der Waals surface area contributed by atoms with Gasteiger partial charge in [-0.25, -0.2) is 0 Å². The number of rotatable bonds is 4. The first-order valence-electron chi connectivity index (χ1n) is 7.05. The van der Waals surface area contributed by atoms with E-state index in [9.17, 15) is 0 Å². The summed E-state index contributed by atoms with van der Waals surface area (Å²) < 4.78 is 0. The molecule has 1 unspecified atom stereocenters. The van der Waals surface area contributed by atoms with Gasteiger partial charge in [-0.15, -0.1) is 0 Å². The fraction of sp³-hybridized carbons (Fsp3) is 0.667. The van der Waals surface area contributed by atoms with E-state index in [-0.39, 0.29) is 6.04 Å². The smallest absolute Gasteiger partial charge is 0.0644 e. The number of hydrogen-bond donors (Lipinski definition) is 1. The second-order valence-electron chi connectivity index (χ2n) is 5.59. The third kappa shape index (κ3) is 3.09. The van der Waals surface area contributed by atoms with Crippen LogP contribution in [0.4, 0.5) is 0 Å². The van der Waals surface area contributed by atoms with Gasteiger partial charge in [0.1, 0.15) is 0 Å². The lowest BCUT2D eigenvalue weighted by atomic mass is 9.86. The van der Waals surface area contributed by atoms with Crippen LogP contribution in [0.2, 0.25) is 0 Å². The van der Waals surface area contributed by atoms with Gasteiger partial charge in [0.2, 0.25) is 0 Å². The Morgan fingerprint density at radius 1 is 1.33 bits per heavy atom. The average molecular weight is 247 g/mol. The quantitative estimate of drug-likeness (QED) is 0.889. The number of nitrogens with zero attached hydrogens (tertiary/aromatic N) is 2. The minimum absolute atomic E-state index is 0.254. The highest BCUT2D eigenvalue weighted by Crippen LogP contribution is 2.30. The van der Waals surface area contributed by atoms with Gasteiger partial charge in [-0.2, -0.15) is 0 Å². The predicted octanol–water partition coefficient (Wildman–Crippen LogP) is 2.59. The molecule has 1 fully saturated rings. The van der Waals surface area contributed by atoms with Crippen molar-refractivity contribution >= 4 is 0 Å². The molecule has 1 heterocycles. The van der Waals surface area contributed by atoms with Gasteiger partial charge in [0.15, 0.2) is 0 Å². The van der Waals surface area contributed by atoms with Crippen molar-refractivity contribution in [2.75, 3.05) is 13.6 Å². The zero-order valence-corrected chi connectivity index (χ0v) is 11.5. The molecule has 0 aliphatic heterocycles. The van der Waals surface area contributed by atoms with Gasteiger partial charge in [0.05, 0.1) is 11.7 Å². The summed E-state index contributed by atoms with van der Waals surface area (Å²) in [7, 11) is 2.20. The van der Waals surface area contributed by atoms with Crippen molar-refractivity contribution in [1.29, 1.82) is 0 Å². The zero-order valence-electron chi connectivity index (χ0n) is 11.5. The molecule has 2 N–H and O–H groups in total. The van der Waals surface area contributed by atoms with Crippen LogP contribution in [0.3, 0.4) is 0 Å². The van der Waals surface area contributed by atoms with Crippen LogP contribution in [-0.4, -0.2) is 29.5 Å². The topological polar surface area (TPSA) is 42.1 Å². The third-order valence-electron chi connectivity index (χ3n) is 4.31. The van der Waals surface area contributed by atoms with Gasteiger partial charge in [0.25, 0.3) is 0 Å². The summed E-state index contributed by atoms with van der Waals surface area (Å²) in [5.74, 6) is 0.890. The summed E-state index contributed by atoms with van der Waals surface area (Å²) >= 11 is 0. The van der Waals surface area contributed by atoms with Crippen LogP contribution in [0.5, 0.6) is 0 Å². The van der Waals surface area contributed by atoms with Crippen LogP contribution in [0.25, 0.3) is 0 Å². The molecule has 1 aromatic rings. The van der Waals surface area contributed by atoms with Crippen molar-refractivity contribution in [3.8, 4) is 0 Å². The molecule has 100 valence electrons. The van der Waals surface area contributed by atoms with Gasteiger partial charge in [0, 0.05) is 18.8 Å². The summed E-state index contributed by atoms with van der Waals surface area (Å²) in [5, 5.41) is 0. The largest absolute Gasteiger partial charge is 0.329 e. The first-order valence-corrected chi connectivity index (χ1v) is 7.05. The highest BCUT2D eigenvalue weighted by molar-refractivity contribution is 5.09. The molecule has 2 rings (SSSR count). The molecule has 0 radical (unpaired) electrons. The van der Waals surface area contributed by atoms with E-state index in [4.69, 9.17) is 5.73 Å². The highest BCUT2D eigenvalue weighted by Gasteiger charge is 2.27. The van der Waals surface area contributed by atoms with Crippen molar-refractivity contribution in [2.45, 2.75) is 44.7 Å². The Labute approximate surface area is 110 Å². The SMILES string of the molecule is CC1CCC(N(C)C(CN)c2ccccn2)CC1. The Kier molecular flexibility index (Phi) is 4.72. The molecule has 1 atom stereocenters. The molecule has 1 aliphatic rings. The van der Waals surface area contributed by atoms with E-state index < -0.39 is 0 Å². The second kappa shape index (κ2) is 6.30. The molecule has 0 amide bonds. The summed E-state index contributed by atoms with van der Waals surface area (Å²) in [6.07, 6.45) is 7.12. The van der Waals surface area contributed by atoms with Crippen LogP contribution in [0.15, 0.2) is 24.4 Å². The number of hydrogen-bond acceptors (Lipinski definition) is 3.